The number of likely N-dealkylation sites (N-methyl/N-ethyl adjacent to an activating group) is 1. The molecule has 0 unspecified atom stereocenters. The zero-order valence-electron chi connectivity index (χ0n) is 8.36. The van der Waals surface area contributed by atoms with Crippen molar-refractivity contribution in [1.82, 2.24) is 4.90 Å². The molecule has 2 rings (SSSR count). The van der Waals surface area contributed by atoms with Crippen LogP contribution in [0.4, 0.5) is 5.69 Å². The smallest absolute Gasteiger partial charge is 0.240 e. The number of carbonyl (C=O) groups excluding carboxylic acids is 2. The van der Waals surface area contributed by atoms with E-state index in [1.54, 1.807) is 18.0 Å². The molecule has 1 aliphatic rings. The Morgan fingerprint density at radius 1 is 1.40 bits per heavy atom. The minimum atomic E-state index is 0.120. The Kier molecular flexibility index (Phi) is 2.35. The number of benzene rings is 1. The molecule has 0 aliphatic carbocycles. The second-order valence-corrected chi connectivity index (χ2v) is 3.58. The Balaban J connectivity index is 2.41. The van der Waals surface area contributed by atoms with E-state index in [4.69, 9.17) is 0 Å². The normalized spacial score (nSPS) is 14.5. The number of amides is 1. The fourth-order valence-corrected chi connectivity index (χ4v) is 1.70. The van der Waals surface area contributed by atoms with Gasteiger partial charge in [-0.15, -0.1) is 0 Å². The SMILES string of the molecule is CN1Cc2cc(N=C=O)ccc2CC1=O. The van der Waals surface area contributed by atoms with Crippen molar-refractivity contribution >= 4 is 17.7 Å². The lowest BCUT2D eigenvalue weighted by Gasteiger charge is -2.24. The number of fused-ring (bicyclic) bond motifs is 1. The van der Waals surface area contributed by atoms with Crippen LogP contribution in [0, 0.1) is 0 Å². The van der Waals surface area contributed by atoms with Gasteiger partial charge in [-0.25, -0.2) is 4.79 Å². The van der Waals surface area contributed by atoms with Crippen LogP contribution in [0.15, 0.2) is 23.2 Å². The van der Waals surface area contributed by atoms with E-state index >= 15 is 0 Å². The Bertz CT molecular complexity index is 462. The predicted molar refractivity (Wildman–Crippen MR) is 54.4 cm³/mol. The van der Waals surface area contributed by atoms with Crippen LogP contribution in [0.5, 0.6) is 0 Å². The maximum Gasteiger partial charge on any atom is 0.240 e. The van der Waals surface area contributed by atoms with Crippen molar-refractivity contribution in [2.24, 2.45) is 4.99 Å². The summed E-state index contributed by atoms with van der Waals surface area (Å²) in [5.74, 6) is 0.120. The standard InChI is InChI=1S/C11H10N2O2/c1-13-6-9-4-10(12-7-14)3-2-8(9)5-11(13)15/h2-4H,5-6H2,1H3. The zero-order chi connectivity index (χ0) is 10.8. The molecule has 0 N–H and O–H groups in total. The van der Waals surface area contributed by atoms with Crippen LogP contribution in [-0.2, 0) is 22.6 Å². The van der Waals surface area contributed by atoms with Gasteiger partial charge in [0.2, 0.25) is 12.0 Å². The topological polar surface area (TPSA) is 49.7 Å². The maximum absolute atomic E-state index is 11.4. The molecule has 1 aromatic carbocycles. The van der Waals surface area contributed by atoms with Crippen molar-refractivity contribution in [2.75, 3.05) is 7.05 Å². The monoisotopic (exact) mass is 202 g/mol. The molecule has 1 amide bonds. The van der Waals surface area contributed by atoms with Crippen LogP contribution < -0.4 is 0 Å². The van der Waals surface area contributed by atoms with E-state index in [2.05, 4.69) is 4.99 Å². The van der Waals surface area contributed by atoms with Crippen LogP contribution in [-0.4, -0.2) is 23.9 Å². The lowest BCUT2D eigenvalue weighted by atomic mass is 9.99. The zero-order valence-corrected chi connectivity index (χ0v) is 8.36. The fourth-order valence-electron chi connectivity index (χ4n) is 1.70. The average Bonchev–Trinajstić information content (AvgIpc) is 2.21. The number of isocyanates is 1. The first kappa shape index (κ1) is 9.62. The minimum absolute atomic E-state index is 0.120. The summed E-state index contributed by atoms with van der Waals surface area (Å²) in [5.41, 5.74) is 2.66. The molecule has 0 saturated heterocycles. The first-order valence-electron chi connectivity index (χ1n) is 4.64. The van der Waals surface area contributed by atoms with Crippen LogP contribution >= 0.6 is 0 Å². The molecule has 4 heteroatoms. The summed E-state index contributed by atoms with van der Waals surface area (Å²) in [6.07, 6.45) is 1.93. The van der Waals surface area contributed by atoms with Crippen molar-refractivity contribution < 1.29 is 9.59 Å². The molecular weight excluding hydrogens is 192 g/mol. The van der Waals surface area contributed by atoms with Gasteiger partial charge in [0.25, 0.3) is 0 Å². The molecule has 0 bridgehead atoms. The third-order valence-electron chi connectivity index (χ3n) is 2.54. The van der Waals surface area contributed by atoms with E-state index in [1.807, 2.05) is 12.1 Å². The third kappa shape index (κ3) is 1.80. The highest BCUT2D eigenvalue weighted by Gasteiger charge is 2.19. The highest BCUT2D eigenvalue weighted by molar-refractivity contribution is 5.81. The number of aliphatic imine (C=N–C) groups is 1. The molecule has 1 heterocycles. The van der Waals surface area contributed by atoms with Crippen molar-refractivity contribution in [3.63, 3.8) is 0 Å². The summed E-state index contributed by atoms with van der Waals surface area (Å²) >= 11 is 0. The minimum Gasteiger partial charge on any atom is -0.341 e. The van der Waals surface area contributed by atoms with Crippen LogP contribution in [0.2, 0.25) is 0 Å². The summed E-state index contributed by atoms with van der Waals surface area (Å²) < 4.78 is 0. The molecule has 0 saturated carbocycles. The summed E-state index contributed by atoms with van der Waals surface area (Å²) in [4.78, 5) is 26.7. The van der Waals surface area contributed by atoms with Gasteiger partial charge >= 0.3 is 0 Å². The van der Waals surface area contributed by atoms with Gasteiger partial charge in [0, 0.05) is 13.6 Å². The van der Waals surface area contributed by atoms with Gasteiger partial charge in [0.1, 0.15) is 0 Å². The number of hydrogen-bond donors (Lipinski definition) is 0. The molecular formula is C11H10N2O2. The largest absolute Gasteiger partial charge is 0.341 e. The first-order chi connectivity index (χ1) is 7.20. The molecule has 0 fully saturated rings. The molecule has 1 aliphatic heterocycles. The summed E-state index contributed by atoms with van der Waals surface area (Å²) in [5, 5.41) is 0. The van der Waals surface area contributed by atoms with Gasteiger partial charge in [-0.3, -0.25) is 4.79 Å². The van der Waals surface area contributed by atoms with Crippen molar-refractivity contribution in [2.45, 2.75) is 13.0 Å². The van der Waals surface area contributed by atoms with E-state index < -0.39 is 0 Å². The van der Waals surface area contributed by atoms with Crippen molar-refractivity contribution in [3.05, 3.63) is 29.3 Å². The van der Waals surface area contributed by atoms with Gasteiger partial charge < -0.3 is 4.90 Å². The van der Waals surface area contributed by atoms with Gasteiger partial charge in [-0.2, -0.15) is 4.99 Å². The Morgan fingerprint density at radius 2 is 2.20 bits per heavy atom. The number of hydrogen-bond acceptors (Lipinski definition) is 3. The van der Waals surface area contributed by atoms with Crippen molar-refractivity contribution in [1.29, 1.82) is 0 Å². The summed E-state index contributed by atoms with van der Waals surface area (Å²) in [6.45, 7) is 0.580. The fraction of sp³-hybridized carbons (Fsp3) is 0.273. The number of rotatable bonds is 1. The molecule has 0 aromatic heterocycles. The van der Waals surface area contributed by atoms with Gasteiger partial charge in [-0.05, 0) is 23.3 Å². The Hall–Kier alpha value is -1.93. The quantitative estimate of drug-likeness (QED) is 0.507. The molecule has 0 radical (unpaired) electrons. The average molecular weight is 202 g/mol. The molecule has 76 valence electrons. The van der Waals surface area contributed by atoms with Gasteiger partial charge in [0.15, 0.2) is 0 Å². The molecule has 4 nitrogen and oxygen atoms in total. The van der Waals surface area contributed by atoms with Gasteiger partial charge in [0.05, 0.1) is 12.1 Å². The third-order valence-corrected chi connectivity index (χ3v) is 2.54. The van der Waals surface area contributed by atoms with Crippen LogP contribution in [0.1, 0.15) is 11.1 Å². The molecule has 1 aromatic rings. The van der Waals surface area contributed by atoms with E-state index in [9.17, 15) is 9.59 Å². The van der Waals surface area contributed by atoms with Gasteiger partial charge in [-0.1, -0.05) is 6.07 Å². The maximum atomic E-state index is 11.4. The second-order valence-electron chi connectivity index (χ2n) is 3.58. The Labute approximate surface area is 87.2 Å². The summed E-state index contributed by atoms with van der Waals surface area (Å²) in [6, 6.07) is 5.39. The van der Waals surface area contributed by atoms with E-state index in [1.165, 1.54) is 6.08 Å². The van der Waals surface area contributed by atoms with E-state index in [0.717, 1.165) is 11.1 Å². The highest BCUT2D eigenvalue weighted by Crippen LogP contribution is 2.23. The highest BCUT2D eigenvalue weighted by atomic mass is 16.2. The lowest BCUT2D eigenvalue weighted by molar-refractivity contribution is -0.130. The van der Waals surface area contributed by atoms with Crippen LogP contribution in [0.25, 0.3) is 0 Å². The molecule has 0 spiro atoms. The second kappa shape index (κ2) is 3.67. The van der Waals surface area contributed by atoms with Crippen LogP contribution in [0.3, 0.4) is 0 Å². The summed E-state index contributed by atoms with van der Waals surface area (Å²) in [7, 11) is 1.76. The van der Waals surface area contributed by atoms with E-state index in [-0.39, 0.29) is 5.91 Å². The van der Waals surface area contributed by atoms with E-state index in [0.29, 0.717) is 18.7 Å². The predicted octanol–water partition coefficient (Wildman–Crippen LogP) is 1.17. The first-order valence-corrected chi connectivity index (χ1v) is 4.64. The molecule has 0 atom stereocenters. The molecule has 15 heavy (non-hydrogen) atoms. The Morgan fingerprint density at radius 3 is 2.93 bits per heavy atom. The number of nitrogens with zero attached hydrogens (tertiary/aromatic N) is 2. The lowest BCUT2D eigenvalue weighted by Crippen LogP contribution is -2.32. The van der Waals surface area contributed by atoms with Crippen molar-refractivity contribution in [3.8, 4) is 0 Å². The number of carbonyl (C=O) groups is 1.